The Kier molecular flexibility index (Phi) is 13.4. The van der Waals surface area contributed by atoms with Gasteiger partial charge in [-0.05, 0) is 13.8 Å². The van der Waals surface area contributed by atoms with Crippen LogP contribution in [0.25, 0.3) is 0 Å². The molecule has 160 valence electrons. The Bertz CT molecular complexity index is 795. The molecule has 0 aliphatic rings. The molecule has 3 rings (SSSR count). The van der Waals surface area contributed by atoms with Gasteiger partial charge in [-0.3, -0.25) is 9.59 Å². The fourth-order valence-electron chi connectivity index (χ4n) is 2.52. The summed E-state index contributed by atoms with van der Waals surface area (Å²) in [6, 6.07) is 21.8. The Balaban J connectivity index is 0.00000129. The highest BCUT2D eigenvalue weighted by Crippen LogP contribution is 2.15. The topological polar surface area (TPSA) is 34.1 Å². The molecule has 0 amide bonds. The second-order valence-electron chi connectivity index (χ2n) is 5.97. The number of carbonyl (C=O) groups is 2. The molecule has 0 aliphatic carbocycles. The lowest BCUT2D eigenvalue weighted by Gasteiger charge is -2.05. The summed E-state index contributed by atoms with van der Waals surface area (Å²) in [5.74, 6) is -0.0753. The highest BCUT2D eigenvalue weighted by atomic mass is 16.1. The standard InChI is InChI=1S/C22H18O2.3C2H6/c1-15-3-7-17(8-4-15)21(23)19-11-13-20(14-12-19)22(24)18-9-5-16(2)6-10-18;3*1-2/h3-14H,1-2H3;3*1-2H3. The van der Waals surface area contributed by atoms with Crippen LogP contribution in [0.3, 0.4) is 0 Å². The van der Waals surface area contributed by atoms with Crippen LogP contribution in [0.15, 0.2) is 72.8 Å². The molecular weight excluding hydrogens is 368 g/mol. The summed E-state index contributed by atoms with van der Waals surface area (Å²) >= 11 is 0. The fourth-order valence-corrected chi connectivity index (χ4v) is 2.52. The predicted molar refractivity (Wildman–Crippen MR) is 130 cm³/mol. The number of benzene rings is 3. The van der Waals surface area contributed by atoms with Crippen molar-refractivity contribution in [3.05, 3.63) is 106 Å². The summed E-state index contributed by atoms with van der Waals surface area (Å²) in [5, 5.41) is 0. The van der Waals surface area contributed by atoms with E-state index in [1.54, 1.807) is 24.3 Å². The third kappa shape index (κ3) is 7.79. The SMILES string of the molecule is CC.CC.CC.Cc1ccc(C(=O)c2ccc(C(=O)c3ccc(C)cc3)cc2)cc1. The highest BCUT2D eigenvalue weighted by Gasteiger charge is 2.12. The summed E-state index contributed by atoms with van der Waals surface area (Å²) in [4.78, 5) is 24.9. The molecule has 0 radical (unpaired) electrons. The molecule has 30 heavy (non-hydrogen) atoms. The van der Waals surface area contributed by atoms with Crippen molar-refractivity contribution in [2.24, 2.45) is 0 Å². The maximum Gasteiger partial charge on any atom is 0.193 e. The van der Waals surface area contributed by atoms with Gasteiger partial charge in [-0.15, -0.1) is 0 Å². The molecule has 0 saturated heterocycles. The van der Waals surface area contributed by atoms with Crippen LogP contribution in [0.4, 0.5) is 0 Å². The number of rotatable bonds is 4. The molecule has 2 heteroatoms. The van der Waals surface area contributed by atoms with Crippen LogP contribution in [0.5, 0.6) is 0 Å². The third-order valence-corrected chi connectivity index (χ3v) is 4.04. The fraction of sp³-hybridized carbons (Fsp3) is 0.286. The van der Waals surface area contributed by atoms with E-state index < -0.39 is 0 Å². The number of ketones is 2. The molecule has 3 aromatic rings. The molecule has 0 atom stereocenters. The Morgan fingerprint density at radius 2 is 0.567 bits per heavy atom. The van der Waals surface area contributed by atoms with Gasteiger partial charge in [0, 0.05) is 22.3 Å². The van der Waals surface area contributed by atoms with Gasteiger partial charge in [0.1, 0.15) is 0 Å². The minimum Gasteiger partial charge on any atom is -0.289 e. The van der Waals surface area contributed by atoms with Crippen molar-refractivity contribution in [2.45, 2.75) is 55.4 Å². The van der Waals surface area contributed by atoms with Crippen LogP contribution < -0.4 is 0 Å². The zero-order valence-corrected chi connectivity index (χ0v) is 19.7. The molecule has 0 bridgehead atoms. The van der Waals surface area contributed by atoms with Gasteiger partial charge in [-0.1, -0.05) is 125 Å². The highest BCUT2D eigenvalue weighted by molar-refractivity contribution is 6.11. The zero-order chi connectivity index (χ0) is 23.1. The minimum absolute atomic E-state index is 0.0377. The molecule has 0 fully saturated rings. The van der Waals surface area contributed by atoms with E-state index in [9.17, 15) is 9.59 Å². The number of hydrogen-bond acceptors (Lipinski definition) is 2. The Morgan fingerprint density at radius 1 is 0.400 bits per heavy atom. The lowest BCUT2D eigenvalue weighted by atomic mass is 9.98. The second-order valence-corrected chi connectivity index (χ2v) is 5.97. The summed E-state index contributed by atoms with van der Waals surface area (Å²) in [5.41, 5.74) is 4.70. The first-order chi connectivity index (χ1) is 14.5. The van der Waals surface area contributed by atoms with E-state index in [-0.39, 0.29) is 11.6 Å². The maximum atomic E-state index is 12.5. The van der Waals surface area contributed by atoms with E-state index >= 15 is 0 Å². The molecule has 0 heterocycles. The lowest BCUT2D eigenvalue weighted by Crippen LogP contribution is -2.04. The van der Waals surface area contributed by atoms with Crippen molar-refractivity contribution >= 4 is 11.6 Å². The predicted octanol–water partition coefficient (Wildman–Crippen LogP) is 7.84. The zero-order valence-electron chi connectivity index (χ0n) is 19.7. The molecule has 3 aromatic carbocycles. The van der Waals surface area contributed by atoms with E-state index in [4.69, 9.17) is 0 Å². The molecule has 2 nitrogen and oxygen atoms in total. The minimum atomic E-state index is -0.0377. The van der Waals surface area contributed by atoms with E-state index in [0.29, 0.717) is 22.3 Å². The quantitative estimate of drug-likeness (QED) is 0.415. The van der Waals surface area contributed by atoms with Crippen molar-refractivity contribution in [3.63, 3.8) is 0 Å². The van der Waals surface area contributed by atoms with Crippen LogP contribution in [-0.4, -0.2) is 11.6 Å². The normalized spacial score (nSPS) is 8.93. The maximum absolute atomic E-state index is 12.5. The van der Waals surface area contributed by atoms with Crippen molar-refractivity contribution < 1.29 is 9.59 Å². The van der Waals surface area contributed by atoms with Crippen molar-refractivity contribution in [3.8, 4) is 0 Å². The smallest absolute Gasteiger partial charge is 0.193 e. The van der Waals surface area contributed by atoms with E-state index in [1.165, 1.54) is 0 Å². The van der Waals surface area contributed by atoms with Crippen molar-refractivity contribution in [1.82, 2.24) is 0 Å². The first kappa shape index (κ1) is 27.0. The van der Waals surface area contributed by atoms with Gasteiger partial charge in [-0.2, -0.15) is 0 Å². The third-order valence-electron chi connectivity index (χ3n) is 4.04. The number of carbonyl (C=O) groups excluding carboxylic acids is 2. The Morgan fingerprint density at radius 3 is 0.767 bits per heavy atom. The molecular formula is C28H36O2. The Labute approximate surface area is 183 Å². The number of aryl methyl sites for hydroxylation is 2. The molecule has 0 aromatic heterocycles. The van der Waals surface area contributed by atoms with Gasteiger partial charge in [-0.25, -0.2) is 0 Å². The molecule has 0 saturated carbocycles. The summed E-state index contributed by atoms with van der Waals surface area (Å²) in [6.07, 6.45) is 0. The largest absolute Gasteiger partial charge is 0.289 e. The van der Waals surface area contributed by atoms with Gasteiger partial charge in [0.25, 0.3) is 0 Å². The van der Waals surface area contributed by atoms with Crippen molar-refractivity contribution in [2.75, 3.05) is 0 Å². The van der Waals surface area contributed by atoms with Gasteiger partial charge in [0.05, 0.1) is 0 Å². The second kappa shape index (κ2) is 14.9. The van der Waals surface area contributed by atoms with Crippen LogP contribution in [0, 0.1) is 13.8 Å². The van der Waals surface area contributed by atoms with Gasteiger partial charge in [0.15, 0.2) is 11.6 Å². The monoisotopic (exact) mass is 404 g/mol. The molecule has 0 spiro atoms. The van der Waals surface area contributed by atoms with Gasteiger partial charge in [0.2, 0.25) is 0 Å². The lowest BCUT2D eigenvalue weighted by molar-refractivity contribution is 0.102. The Hall–Kier alpha value is -3.00. The van der Waals surface area contributed by atoms with Gasteiger partial charge < -0.3 is 0 Å². The van der Waals surface area contributed by atoms with Crippen molar-refractivity contribution in [1.29, 1.82) is 0 Å². The first-order valence-corrected chi connectivity index (χ1v) is 10.9. The van der Waals surface area contributed by atoms with Gasteiger partial charge >= 0.3 is 0 Å². The average Bonchev–Trinajstić information content (AvgIpc) is 2.83. The van der Waals surface area contributed by atoms with Crippen LogP contribution in [0.1, 0.15) is 84.5 Å². The summed E-state index contributed by atoms with van der Waals surface area (Å²) < 4.78 is 0. The molecule has 0 aliphatic heterocycles. The molecule has 0 N–H and O–H groups in total. The van der Waals surface area contributed by atoms with Crippen LogP contribution in [-0.2, 0) is 0 Å². The average molecular weight is 405 g/mol. The summed E-state index contributed by atoms with van der Waals surface area (Å²) in [6.45, 7) is 16.0. The van der Waals surface area contributed by atoms with E-state index in [1.807, 2.05) is 104 Å². The van der Waals surface area contributed by atoms with Crippen LogP contribution in [0.2, 0.25) is 0 Å². The summed E-state index contributed by atoms with van der Waals surface area (Å²) in [7, 11) is 0. The number of hydrogen-bond donors (Lipinski definition) is 0. The van der Waals surface area contributed by atoms with E-state index in [0.717, 1.165) is 11.1 Å². The molecule has 0 unspecified atom stereocenters. The van der Waals surface area contributed by atoms with E-state index in [2.05, 4.69) is 0 Å². The van der Waals surface area contributed by atoms with Crippen LogP contribution >= 0.6 is 0 Å². The first-order valence-electron chi connectivity index (χ1n) is 10.9.